The van der Waals surface area contributed by atoms with Crippen LogP contribution >= 0.6 is 15.9 Å². The maximum atomic E-state index is 13.8. The molecule has 0 radical (unpaired) electrons. The van der Waals surface area contributed by atoms with Crippen molar-refractivity contribution in [2.75, 3.05) is 19.8 Å². The van der Waals surface area contributed by atoms with E-state index in [-0.39, 0.29) is 17.9 Å². The van der Waals surface area contributed by atoms with Gasteiger partial charge in [0.1, 0.15) is 0 Å². The van der Waals surface area contributed by atoms with Gasteiger partial charge >= 0.3 is 0 Å². The van der Waals surface area contributed by atoms with E-state index in [2.05, 4.69) is 34.1 Å². The number of halogens is 2. The highest BCUT2D eigenvalue weighted by atomic mass is 79.9. The lowest BCUT2D eigenvalue weighted by Gasteiger charge is -2.37. The number of alkyl halides is 1. The quantitative estimate of drug-likeness (QED) is 0.499. The van der Waals surface area contributed by atoms with Gasteiger partial charge in [-0.25, -0.2) is 0 Å². The van der Waals surface area contributed by atoms with Gasteiger partial charge in [-0.05, 0) is 50.8 Å². The van der Waals surface area contributed by atoms with E-state index in [0.29, 0.717) is 31.7 Å². The fourth-order valence-electron chi connectivity index (χ4n) is 3.91. The molecule has 3 aromatic carbocycles. The standard InChI is InChI=1S/C24H23BrFNO2/c25-23-19(11-10-17-6-4-5-9-21(17)23)16-29-22-12-13-27(15-20(22)14-26)24(28)18-7-2-1-3-8-18/h1-11,20,22H,12-16H2. The molecule has 1 aliphatic heterocycles. The Labute approximate surface area is 178 Å². The van der Waals surface area contributed by atoms with E-state index in [1.54, 1.807) is 17.0 Å². The number of likely N-dealkylation sites (tertiary alicyclic amines) is 1. The van der Waals surface area contributed by atoms with Crippen LogP contribution in [0.1, 0.15) is 22.3 Å². The molecule has 3 nitrogen and oxygen atoms in total. The molecular weight excluding hydrogens is 433 g/mol. The van der Waals surface area contributed by atoms with Gasteiger partial charge in [0.2, 0.25) is 0 Å². The van der Waals surface area contributed by atoms with E-state index in [9.17, 15) is 9.18 Å². The van der Waals surface area contributed by atoms with Crippen molar-refractivity contribution in [2.24, 2.45) is 5.92 Å². The monoisotopic (exact) mass is 455 g/mol. The molecule has 29 heavy (non-hydrogen) atoms. The molecule has 0 aliphatic carbocycles. The highest BCUT2D eigenvalue weighted by Crippen LogP contribution is 2.30. The number of benzene rings is 3. The lowest BCUT2D eigenvalue weighted by atomic mass is 9.95. The summed E-state index contributed by atoms with van der Waals surface area (Å²) in [6, 6.07) is 21.5. The van der Waals surface area contributed by atoms with Crippen LogP contribution in [0, 0.1) is 5.92 Å². The first kappa shape index (κ1) is 20.0. The Balaban J connectivity index is 1.41. The summed E-state index contributed by atoms with van der Waals surface area (Å²) in [4.78, 5) is 14.4. The minimum atomic E-state index is -0.498. The highest BCUT2D eigenvalue weighted by Gasteiger charge is 2.32. The summed E-state index contributed by atoms with van der Waals surface area (Å²) in [7, 11) is 0. The van der Waals surface area contributed by atoms with E-state index >= 15 is 0 Å². The molecule has 0 bridgehead atoms. The molecule has 0 saturated carbocycles. The molecule has 2 atom stereocenters. The molecule has 1 saturated heterocycles. The maximum Gasteiger partial charge on any atom is 0.253 e. The Morgan fingerprint density at radius 3 is 2.62 bits per heavy atom. The smallest absolute Gasteiger partial charge is 0.253 e. The van der Waals surface area contributed by atoms with Crippen LogP contribution in [0.4, 0.5) is 4.39 Å². The summed E-state index contributed by atoms with van der Waals surface area (Å²) in [5.41, 5.74) is 1.69. The number of rotatable bonds is 5. The molecular formula is C24H23BrFNO2. The topological polar surface area (TPSA) is 29.5 Å². The maximum absolute atomic E-state index is 13.8. The fourth-order valence-corrected chi connectivity index (χ4v) is 4.52. The first-order valence-corrected chi connectivity index (χ1v) is 10.6. The minimum absolute atomic E-state index is 0.0419. The largest absolute Gasteiger partial charge is 0.373 e. The van der Waals surface area contributed by atoms with Gasteiger partial charge in [-0.2, -0.15) is 0 Å². The first-order valence-electron chi connectivity index (χ1n) is 9.85. The predicted molar refractivity (Wildman–Crippen MR) is 117 cm³/mol. The van der Waals surface area contributed by atoms with Gasteiger partial charge in [0.05, 0.1) is 19.4 Å². The summed E-state index contributed by atoms with van der Waals surface area (Å²) >= 11 is 3.69. The summed E-state index contributed by atoms with van der Waals surface area (Å²) in [6.45, 7) is 0.878. The summed E-state index contributed by atoms with van der Waals surface area (Å²) in [5, 5.41) is 2.30. The zero-order valence-corrected chi connectivity index (χ0v) is 17.6. The lowest BCUT2D eigenvalue weighted by Crippen LogP contribution is -2.47. The third-order valence-electron chi connectivity index (χ3n) is 5.57. The predicted octanol–water partition coefficient (Wildman–Crippen LogP) is 5.62. The molecule has 1 heterocycles. The summed E-state index contributed by atoms with van der Waals surface area (Å²) in [5.74, 6) is -0.351. The second kappa shape index (κ2) is 9.06. The van der Waals surface area contributed by atoms with Crippen LogP contribution in [-0.4, -0.2) is 36.7 Å². The van der Waals surface area contributed by atoms with Gasteiger partial charge in [-0.1, -0.05) is 54.6 Å². The molecule has 0 spiro atoms. The number of piperidine rings is 1. The third kappa shape index (κ3) is 4.36. The van der Waals surface area contributed by atoms with E-state index in [0.717, 1.165) is 20.8 Å². The van der Waals surface area contributed by atoms with E-state index in [1.807, 2.05) is 36.4 Å². The fraction of sp³-hybridized carbons (Fsp3) is 0.292. The Morgan fingerprint density at radius 2 is 1.83 bits per heavy atom. The number of hydrogen-bond acceptors (Lipinski definition) is 2. The van der Waals surface area contributed by atoms with Crippen LogP contribution in [0.15, 0.2) is 71.2 Å². The van der Waals surface area contributed by atoms with Crippen molar-refractivity contribution in [3.05, 3.63) is 82.3 Å². The zero-order valence-electron chi connectivity index (χ0n) is 16.1. The van der Waals surface area contributed by atoms with Crippen molar-refractivity contribution in [3.8, 4) is 0 Å². The Morgan fingerprint density at radius 1 is 1.07 bits per heavy atom. The highest BCUT2D eigenvalue weighted by molar-refractivity contribution is 9.10. The van der Waals surface area contributed by atoms with Crippen molar-refractivity contribution in [1.82, 2.24) is 4.90 Å². The van der Waals surface area contributed by atoms with E-state index < -0.39 is 6.67 Å². The number of nitrogens with zero attached hydrogens (tertiary/aromatic N) is 1. The van der Waals surface area contributed by atoms with Crippen molar-refractivity contribution in [2.45, 2.75) is 19.1 Å². The number of ether oxygens (including phenoxy) is 1. The zero-order chi connectivity index (χ0) is 20.2. The van der Waals surface area contributed by atoms with E-state index in [4.69, 9.17) is 4.74 Å². The average Bonchev–Trinajstić information content (AvgIpc) is 2.79. The van der Waals surface area contributed by atoms with Crippen molar-refractivity contribution in [3.63, 3.8) is 0 Å². The number of fused-ring (bicyclic) bond motifs is 1. The van der Waals surface area contributed by atoms with Crippen LogP contribution < -0.4 is 0 Å². The minimum Gasteiger partial charge on any atom is -0.373 e. The molecule has 2 unspecified atom stereocenters. The Kier molecular flexibility index (Phi) is 6.26. The molecule has 3 aromatic rings. The van der Waals surface area contributed by atoms with Crippen molar-refractivity contribution >= 4 is 32.6 Å². The first-order chi connectivity index (χ1) is 14.2. The van der Waals surface area contributed by atoms with Crippen LogP contribution in [0.5, 0.6) is 0 Å². The molecule has 1 fully saturated rings. The molecule has 0 aromatic heterocycles. The van der Waals surface area contributed by atoms with Gasteiger partial charge in [0.25, 0.3) is 5.91 Å². The summed E-state index contributed by atoms with van der Waals surface area (Å²) in [6.07, 6.45) is 0.441. The molecule has 150 valence electrons. The Hall–Kier alpha value is -2.24. The number of amides is 1. The number of carbonyl (C=O) groups is 1. The molecule has 0 N–H and O–H groups in total. The number of hydrogen-bond donors (Lipinski definition) is 0. The SMILES string of the molecule is O=C(c1ccccc1)N1CCC(OCc2ccc3ccccc3c2Br)C(CF)C1. The molecule has 1 aliphatic rings. The number of carbonyl (C=O) groups excluding carboxylic acids is 1. The van der Waals surface area contributed by atoms with Gasteiger partial charge in [0.15, 0.2) is 0 Å². The second-order valence-corrected chi connectivity index (χ2v) is 8.22. The third-order valence-corrected chi connectivity index (χ3v) is 6.50. The van der Waals surface area contributed by atoms with Crippen LogP contribution in [0.3, 0.4) is 0 Å². The van der Waals surface area contributed by atoms with Gasteiger partial charge in [-0.15, -0.1) is 0 Å². The Bertz CT molecular complexity index is 995. The van der Waals surface area contributed by atoms with Crippen molar-refractivity contribution < 1.29 is 13.9 Å². The van der Waals surface area contributed by atoms with Gasteiger partial charge in [0, 0.05) is 29.0 Å². The van der Waals surface area contributed by atoms with Crippen LogP contribution in [0.2, 0.25) is 0 Å². The van der Waals surface area contributed by atoms with Crippen LogP contribution in [0.25, 0.3) is 10.8 Å². The molecule has 4 rings (SSSR count). The lowest BCUT2D eigenvalue weighted by molar-refractivity contribution is -0.0435. The van der Waals surface area contributed by atoms with Gasteiger partial charge in [-0.3, -0.25) is 9.18 Å². The summed E-state index contributed by atoms with van der Waals surface area (Å²) < 4.78 is 20.9. The molecule has 5 heteroatoms. The second-order valence-electron chi connectivity index (χ2n) is 7.43. The normalized spacial score (nSPS) is 19.4. The van der Waals surface area contributed by atoms with Gasteiger partial charge < -0.3 is 9.64 Å². The van der Waals surface area contributed by atoms with Crippen LogP contribution in [-0.2, 0) is 11.3 Å². The molecule has 1 amide bonds. The average molecular weight is 456 g/mol. The van der Waals surface area contributed by atoms with Crippen molar-refractivity contribution in [1.29, 1.82) is 0 Å². The van der Waals surface area contributed by atoms with E-state index in [1.165, 1.54) is 0 Å².